The molecule has 3 N–H and O–H groups in total. The SMILES string of the molecule is CCCC(NC(=O)CCc1c(C)c2cc3c(C)c(C)oc3c(C)c2oc1=O)C(=O)N[C@H](CSCc1ccccc1)C(=O)O. The van der Waals surface area contributed by atoms with E-state index in [1.165, 1.54) is 11.8 Å². The molecule has 9 nitrogen and oxygen atoms in total. The van der Waals surface area contributed by atoms with E-state index in [0.29, 0.717) is 35.3 Å². The minimum Gasteiger partial charge on any atom is -0.480 e. The molecule has 2 heterocycles. The number of benzene rings is 2. The average Bonchev–Trinajstić information content (AvgIpc) is 3.26. The van der Waals surface area contributed by atoms with Gasteiger partial charge in [-0.1, -0.05) is 43.7 Å². The first-order chi connectivity index (χ1) is 20.5. The van der Waals surface area contributed by atoms with E-state index in [0.717, 1.165) is 38.8 Å². The molecule has 1 unspecified atom stereocenters. The number of amides is 2. The Morgan fingerprint density at radius 2 is 1.58 bits per heavy atom. The lowest BCUT2D eigenvalue weighted by molar-refractivity contribution is -0.141. The monoisotopic (exact) mass is 606 g/mol. The highest BCUT2D eigenvalue weighted by Gasteiger charge is 2.26. The van der Waals surface area contributed by atoms with Crippen molar-refractivity contribution in [2.45, 2.75) is 78.1 Å². The molecule has 0 aliphatic rings. The number of rotatable bonds is 13. The Kier molecular flexibility index (Phi) is 10.3. The van der Waals surface area contributed by atoms with E-state index in [4.69, 9.17) is 8.83 Å². The normalized spacial score (nSPS) is 12.8. The maximum absolute atomic E-state index is 13.0. The number of hydrogen-bond donors (Lipinski definition) is 3. The van der Waals surface area contributed by atoms with Crippen molar-refractivity contribution in [2.24, 2.45) is 0 Å². The summed E-state index contributed by atoms with van der Waals surface area (Å²) < 4.78 is 11.6. The highest BCUT2D eigenvalue weighted by molar-refractivity contribution is 7.98. The molecule has 0 fully saturated rings. The summed E-state index contributed by atoms with van der Waals surface area (Å²) in [6.07, 6.45) is 1.04. The van der Waals surface area contributed by atoms with E-state index in [2.05, 4.69) is 10.6 Å². The van der Waals surface area contributed by atoms with Crippen molar-refractivity contribution < 1.29 is 28.3 Å². The minimum absolute atomic E-state index is 0.0367. The molecule has 2 amide bonds. The van der Waals surface area contributed by atoms with E-state index >= 15 is 0 Å². The fourth-order valence-corrected chi connectivity index (χ4v) is 6.17. The molecule has 4 rings (SSSR count). The van der Waals surface area contributed by atoms with Crippen LogP contribution in [-0.2, 0) is 26.6 Å². The number of furan rings is 1. The summed E-state index contributed by atoms with van der Waals surface area (Å²) in [5.74, 6) is -0.494. The number of carboxylic acids is 1. The van der Waals surface area contributed by atoms with Crippen LogP contribution >= 0.6 is 11.8 Å². The Bertz CT molecular complexity index is 1710. The molecule has 2 atom stereocenters. The van der Waals surface area contributed by atoms with Gasteiger partial charge in [0.15, 0.2) is 0 Å². The average molecular weight is 607 g/mol. The van der Waals surface area contributed by atoms with Crippen LogP contribution in [0.4, 0.5) is 0 Å². The minimum atomic E-state index is -1.14. The second-order valence-electron chi connectivity index (χ2n) is 10.8. The number of carbonyl (C=O) groups is 3. The fourth-order valence-electron chi connectivity index (χ4n) is 5.16. The van der Waals surface area contributed by atoms with E-state index in [1.54, 1.807) is 0 Å². The molecule has 10 heteroatoms. The molecule has 43 heavy (non-hydrogen) atoms. The molecule has 0 aliphatic carbocycles. The number of carboxylic acid groups (broad SMARTS) is 1. The van der Waals surface area contributed by atoms with Crippen molar-refractivity contribution in [2.75, 3.05) is 5.75 Å². The number of aliphatic carboxylic acids is 1. The van der Waals surface area contributed by atoms with E-state index < -0.39 is 35.5 Å². The number of nitrogens with one attached hydrogen (secondary N) is 2. The second kappa shape index (κ2) is 13.9. The van der Waals surface area contributed by atoms with Gasteiger partial charge < -0.3 is 24.6 Å². The van der Waals surface area contributed by atoms with Gasteiger partial charge in [-0.3, -0.25) is 9.59 Å². The number of fused-ring (bicyclic) bond motifs is 2. The van der Waals surface area contributed by atoms with Crippen LogP contribution in [0.1, 0.15) is 59.8 Å². The van der Waals surface area contributed by atoms with Crippen molar-refractivity contribution in [1.29, 1.82) is 0 Å². The molecule has 2 aromatic heterocycles. The molecule has 0 spiro atoms. The quantitative estimate of drug-likeness (QED) is 0.170. The highest BCUT2D eigenvalue weighted by atomic mass is 32.2. The maximum atomic E-state index is 13.0. The van der Waals surface area contributed by atoms with E-state index in [9.17, 15) is 24.3 Å². The van der Waals surface area contributed by atoms with Crippen LogP contribution < -0.4 is 16.3 Å². The van der Waals surface area contributed by atoms with Gasteiger partial charge in [-0.15, -0.1) is 0 Å². The molecule has 0 saturated carbocycles. The number of aryl methyl sites for hydroxylation is 4. The Morgan fingerprint density at radius 3 is 2.26 bits per heavy atom. The summed E-state index contributed by atoms with van der Waals surface area (Å²) in [7, 11) is 0. The molecular weight excluding hydrogens is 568 g/mol. The lowest BCUT2D eigenvalue weighted by atomic mass is 9.98. The van der Waals surface area contributed by atoms with E-state index in [1.807, 2.05) is 71.0 Å². The number of hydrogen-bond acceptors (Lipinski definition) is 7. The molecule has 0 bridgehead atoms. The molecule has 0 aliphatic heterocycles. The molecule has 0 radical (unpaired) electrons. The molecule has 228 valence electrons. The van der Waals surface area contributed by atoms with Crippen LogP contribution in [0.3, 0.4) is 0 Å². The van der Waals surface area contributed by atoms with Gasteiger partial charge >= 0.3 is 11.6 Å². The van der Waals surface area contributed by atoms with Gasteiger partial charge in [0, 0.05) is 39.8 Å². The third-order valence-electron chi connectivity index (χ3n) is 7.79. The maximum Gasteiger partial charge on any atom is 0.339 e. The van der Waals surface area contributed by atoms with Gasteiger partial charge in [0.1, 0.15) is 29.0 Å². The Hall–Kier alpha value is -4.05. The Labute approximate surface area is 254 Å². The van der Waals surface area contributed by atoms with Gasteiger partial charge in [-0.25, -0.2) is 9.59 Å². The van der Waals surface area contributed by atoms with Gasteiger partial charge in [0.05, 0.1) is 0 Å². The second-order valence-corrected chi connectivity index (χ2v) is 11.9. The van der Waals surface area contributed by atoms with Crippen molar-refractivity contribution in [3.8, 4) is 0 Å². The zero-order valence-corrected chi connectivity index (χ0v) is 26.0. The van der Waals surface area contributed by atoms with Crippen LogP contribution in [0.5, 0.6) is 0 Å². The third-order valence-corrected chi connectivity index (χ3v) is 8.89. The van der Waals surface area contributed by atoms with Crippen molar-refractivity contribution in [1.82, 2.24) is 10.6 Å². The van der Waals surface area contributed by atoms with Gasteiger partial charge in [0.2, 0.25) is 11.8 Å². The summed E-state index contributed by atoms with van der Waals surface area (Å²) >= 11 is 1.41. The Morgan fingerprint density at radius 1 is 0.907 bits per heavy atom. The fraction of sp³-hybridized carbons (Fsp3) is 0.394. The third kappa shape index (κ3) is 7.30. The first-order valence-corrected chi connectivity index (χ1v) is 15.6. The van der Waals surface area contributed by atoms with Crippen molar-refractivity contribution >= 4 is 51.5 Å². The zero-order valence-electron chi connectivity index (χ0n) is 25.2. The topological polar surface area (TPSA) is 139 Å². The van der Waals surface area contributed by atoms with Crippen LogP contribution in [0, 0.1) is 27.7 Å². The molecular formula is C33H38N2O7S. The first kappa shape index (κ1) is 31.9. The highest BCUT2D eigenvalue weighted by Crippen LogP contribution is 2.34. The van der Waals surface area contributed by atoms with Crippen LogP contribution in [0.2, 0.25) is 0 Å². The van der Waals surface area contributed by atoms with Gasteiger partial charge in [0.25, 0.3) is 0 Å². The zero-order chi connectivity index (χ0) is 31.3. The Balaban J connectivity index is 1.42. The lowest BCUT2D eigenvalue weighted by Crippen LogP contribution is -2.52. The summed E-state index contributed by atoms with van der Waals surface area (Å²) in [6.45, 7) is 9.46. The molecule has 0 saturated heterocycles. The summed E-state index contributed by atoms with van der Waals surface area (Å²) in [5, 5.41) is 16.7. The van der Waals surface area contributed by atoms with Crippen molar-refractivity contribution in [3.63, 3.8) is 0 Å². The number of thioether (sulfide) groups is 1. The predicted octanol–water partition coefficient (Wildman–Crippen LogP) is 5.49. The van der Waals surface area contributed by atoms with Crippen LogP contribution in [0.15, 0.2) is 50.0 Å². The first-order valence-electron chi connectivity index (χ1n) is 14.4. The molecule has 4 aromatic rings. The standard InChI is InChI=1S/C33H38N2O7S/c1-6-10-26(31(37)35-27(32(38)39)17-43-16-22-11-8-7-9-12-22)34-28(36)14-13-23-19(3)25-15-24-18(2)21(5)41-29(24)20(4)30(25)42-33(23)40/h7-9,11-12,15,26-27H,6,10,13-14,16-17H2,1-5H3,(H,34,36)(H,35,37)(H,38,39)/t26?,27-/m1/s1. The largest absolute Gasteiger partial charge is 0.480 e. The summed E-state index contributed by atoms with van der Waals surface area (Å²) in [5.41, 5.74) is 4.61. The lowest BCUT2D eigenvalue weighted by Gasteiger charge is -2.21. The van der Waals surface area contributed by atoms with Crippen LogP contribution in [0.25, 0.3) is 21.9 Å². The van der Waals surface area contributed by atoms with Gasteiger partial charge in [-0.05, 0) is 63.3 Å². The summed E-state index contributed by atoms with van der Waals surface area (Å²) in [6, 6.07) is 9.63. The van der Waals surface area contributed by atoms with Crippen molar-refractivity contribution in [3.05, 3.63) is 80.4 Å². The van der Waals surface area contributed by atoms with Gasteiger partial charge in [-0.2, -0.15) is 11.8 Å². The smallest absolute Gasteiger partial charge is 0.339 e. The van der Waals surface area contributed by atoms with E-state index in [-0.39, 0.29) is 18.6 Å². The number of carbonyl (C=O) groups excluding carboxylic acids is 2. The van der Waals surface area contributed by atoms with Crippen LogP contribution in [-0.4, -0.2) is 40.7 Å². The molecule has 2 aromatic carbocycles. The summed E-state index contributed by atoms with van der Waals surface area (Å²) in [4.78, 5) is 50.8. The predicted molar refractivity (Wildman–Crippen MR) is 169 cm³/mol.